The average Bonchev–Trinajstić information content (AvgIpc) is 3.41. The Kier molecular flexibility index (Phi) is 5.20. The lowest BCUT2D eigenvalue weighted by Crippen LogP contribution is -2.02. The topological polar surface area (TPSA) is 81.4 Å². The van der Waals surface area contributed by atoms with Crippen molar-refractivity contribution >= 4 is 22.4 Å². The second-order valence-electron chi connectivity index (χ2n) is 8.24. The van der Waals surface area contributed by atoms with Crippen LogP contribution in [0.25, 0.3) is 39.0 Å². The fourth-order valence-corrected chi connectivity index (χ4v) is 3.97. The molecule has 3 aromatic heterocycles. The number of anilines is 2. The lowest BCUT2D eigenvalue weighted by Gasteiger charge is -2.11. The van der Waals surface area contributed by atoms with Crippen molar-refractivity contribution in [2.24, 2.45) is 0 Å². The molecule has 0 aliphatic heterocycles. The fourth-order valence-electron chi connectivity index (χ4n) is 3.97. The van der Waals surface area contributed by atoms with E-state index in [1.54, 1.807) is 23.3 Å². The number of aromatic nitrogens is 6. The van der Waals surface area contributed by atoms with Gasteiger partial charge in [-0.05, 0) is 59.7 Å². The maximum absolute atomic E-state index is 4.65. The van der Waals surface area contributed by atoms with Crippen LogP contribution in [0.1, 0.15) is 5.56 Å². The number of aryl methyl sites for hydroxylation is 1. The number of benzene rings is 3. The zero-order valence-corrected chi connectivity index (χ0v) is 19.0. The quantitative estimate of drug-likeness (QED) is 0.344. The summed E-state index contributed by atoms with van der Waals surface area (Å²) in [5, 5.41) is 14.5. The molecule has 168 valence electrons. The number of hydrogen-bond donors (Lipinski definition) is 1. The zero-order chi connectivity index (χ0) is 23.6. The molecule has 7 nitrogen and oxygen atoms in total. The highest BCUT2D eigenvalue weighted by atomic mass is 15.4. The average molecular weight is 456 g/mol. The molecule has 0 aliphatic rings. The Morgan fingerprint density at radius 1 is 0.771 bits per heavy atom. The maximum atomic E-state index is 4.65. The Bertz CT molecular complexity index is 1640. The van der Waals surface area contributed by atoms with Crippen LogP contribution in [0.15, 0.2) is 104 Å². The zero-order valence-electron chi connectivity index (χ0n) is 19.0. The number of nitrogens with zero attached hydrogens (tertiary/aromatic N) is 6. The summed E-state index contributed by atoms with van der Waals surface area (Å²) in [6, 6.07) is 26.4. The van der Waals surface area contributed by atoms with Crippen LogP contribution in [-0.2, 0) is 0 Å². The molecule has 3 aromatic carbocycles. The lowest BCUT2D eigenvalue weighted by molar-refractivity contribution is 0.804. The first-order chi connectivity index (χ1) is 17.2. The summed E-state index contributed by atoms with van der Waals surface area (Å²) in [5.74, 6) is 0.516. The number of pyridine rings is 1. The predicted octanol–water partition coefficient (Wildman–Crippen LogP) is 5.99. The molecule has 35 heavy (non-hydrogen) atoms. The minimum absolute atomic E-state index is 0.516. The highest BCUT2D eigenvalue weighted by Crippen LogP contribution is 2.26. The van der Waals surface area contributed by atoms with E-state index in [-0.39, 0.29) is 0 Å². The van der Waals surface area contributed by atoms with E-state index in [9.17, 15) is 0 Å². The third kappa shape index (κ3) is 4.22. The van der Waals surface area contributed by atoms with E-state index in [1.165, 1.54) is 10.8 Å². The van der Waals surface area contributed by atoms with Gasteiger partial charge in [0.15, 0.2) is 0 Å². The Hall–Kier alpha value is -4.91. The summed E-state index contributed by atoms with van der Waals surface area (Å²) < 4.78 is 1.78. The molecule has 7 heteroatoms. The van der Waals surface area contributed by atoms with Crippen LogP contribution < -0.4 is 5.32 Å². The van der Waals surface area contributed by atoms with Crippen molar-refractivity contribution in [1.29, 1.82) is 0 Å². The van der Waals surface area contributed by atoms with E-state index in [1.807, 2.05) is 61.7 Å². The molecule has 0 saturated heterocycles. The molecular weight excluding hydrogens is 434 g/mol. The molecule has 0 amide bonds. The van der Waals surface area contributed by atoms with Crippen LogP contribution in [-0.4, -0.2) is 29.9 Å². The molecule has 6 rings (SSSR count). The van der Waals surface area contributed by atoms with Crippen molar-refractivity contribution in [2.75, 3.05) is 5.32 Å². The van der Waals surface area contributed by atoms with E-state index in [0.29, 0.717) is 5.95 Å². The van der Waals surface area contributed by atoms with Gasteiger partial charge in [0.2, 0.25) is 5.95 Å². The van der Waals surface area contributed by atoms with Gasteiger partial charge in [0.25, 0.3) is 0 Å². The van der Waals surface area contributed by atoms with Gasteiger partial charge in [-0.3, -0.25) is 4.98 Å². The minimum Gasteiger partial charge on any atom is -0.324 e. The smallest absolute Gasteiger partial charge is 0.227 e. The minimum atomic E-state index is 0.516. The number of fused-ring (bicyclic) bond motifs is 1. The highest BCUT2D eigenvalue weighted by Gasteiger charge is 2.10. The van der Waals surface area contributed by atoms with Crippen LogP contribution >= 0.6 is 0 Å². The normalized spacial score (nSPS) is 11.0. The van der Waals surface area contributed by atoms with Gasteiger partial charge in [0.1, 0.15) is 5.69 Å². The molecule has 1 N–H and O–H groups in total. The lowest BCUT2D eigenvalue weighted by atomic mass is 10.1. The highest BCUT2D eigenvalue weighted by molar-refractivity contribution is 5.86. The molecule has 3 heterocycles. The first-order valence-electron chi connectivity index (χ1n) is 11.3. The Labute approximate surface area is 202 Å². The van der Waals surface area contributed by atoms with Crippen molar-refractivity contribution in [2.45, 2.75) is 6.92 Å². The molecule has 0 atom stereocenters. The summed E-state index contributed by atoms with van der Waals surface area (Å²) in [6.45, 7) is 2.04. The standard InChI is InChI=1S/C28H21N7/c1-19-8-11-24(16-26(19)32-28-30-14-12-25(31-28)23-7-4-13-29-17-23)35-18-27(33-34-35)22-10-9-20-5-2-3-6-21(20)15-22/h2-18H,1H3,(H,30,31,32). The van der Waals surface area contributed by atoms with Crippen LogP contribution in [0.3, 0.4) is 0 Å². The maximum Gasteiger partial charge on any atom is 0.227 e. The van der Waals surface area contributed by atoms with Crippen molar-refractivity contribution in [3.05, 3.63) is 109 Å². The van der Waals surface area contributed by atoms with Gasteiger partial charge >= 0.3 is 0 Å². The van der Waals surface area contributed by atoms with E-state index in [0.717, 1.165) is 39.5 Å². The molecule has 6 aromatic rings. The summed E-state index contributed by atoms with van der Waals surface area (Å²) in [6.07, 6.45) is 7.21. The second kappa shape index (κ2) is 8.79. The van der Waals surface area contributed by atoms with E-state index in [2.05, 4.69) is 60.9 Å². The third-order valence-electron chi connectivity index (χ3n) is 5.88. The predicted molar refractivity (Wildman–Crippen MR) is 138 cm³/mol. The summed E-state index contributed by atoms with van der Waals surface area (Å²) in [7, 11) is 0. The summed E-state index contributed by atoms with van der Waals surface area (Å²) in [4.78, 5) is 13.2. The van der Waals surface area contributed by atoms with Crippen molar-refractivity contribution in [3.63, 3.8) is 0 Å². The number of rotatable bonds is 5. The van der Waals surface area contributed by atoms with Gasteiger partial charge in [-0.25, -0.2) is 14.6 Å². The van der Waals surface area contributed by atoms with Crippen molar-refractivity contribution < 1.29 is 0 Å². The van der Waals surface area contributed by atoms with E-state index < -0.39 is 0 Å². The number of hydrogen-bond acceptors (Lipinski definition) is 6. The molecular formula is C28H21N7. The Morgan fingerprint density at radius 3 is 2.57 bits per heavy atom. The Morgan fingerprint density at radius 2 is 1.69 bits per heavy atom. The van der Waals surface area contributed by atoms with Gasteiger partial charge in [-0.15, -0.1) is 5.10 Å². The van der Waals surface area contributed by atoms with Gasteiger partial charge < -0.3 is 5.32 Å². The van der Waals surface area contributed by atoms with Crippen LogP contribution in [0, 0.1) is 6.92 Å². The molecule has 0 saturated carbocycles. The second-order valence-corrected chi connectivity index (χ2v) is 8.24. The molecule has 0 aliphatic carbocycles. The SMILES string of the molecule is Cc1ccc(-n2cc(-c3ccc4ccccc4c3)nn2)cc1Nc1nccc(-c2cccnc2)n1. The largest absolute Gasteiger partial charge is 0.324 e. The first kappa shape index (κ1) is 20.7. The van der Waals surface area contributed by atoms with Crippen molar-refractivity contribution in [3.8, 4) is 28.2 Å². The summed E-state index contributed by atoms with van der Waals surface area (Å²) in [5.41, 5.74) is 6.45. The van der Waals surface area contributed by atoms with E-state index in [4.69, 9.17) is 0 Å². The van der Waals surface area contributed by atoms with Crippen LogP contribution in [0.5, 0.6) is 0 Å². The van der Waals surface area contributed by atoms with Gasteiger partial charge in [0.05, 0.1) is 17.6 Å². The van der Waals surface area contributed by atoms with Crippen molar-refractivity contribution in [1.82, 2.24) is 29.9 Å². The molecule has 0 radical (unpaired) electrons. The molecule has 0 spiro atoms. The molecule has 0 unspecified atom stereocenters. The van der Waals surface area contributed by atoms with Gasteiger partial charge in [0, 0.05) is 35.4 Å². The van der Waals surface area contributed by atoms with Crippen LogP contribution in [0.2, 0.25) is 0 Å². The fraction of sp³-hybridized carbons (Fsp3) is 0.0357. The first-order valence-corrected chi connectivity index (χ1v) is 11.3. The van der Waals surface area contributed by atoms with Gasteiger partial charge in [-0.2, -0.15) is 0 Å². The monoisotopic (exact) mass is 455 g/mol. The molecule has 0 bridgehead atoms. The Balaban J connectivity index is 1.29. The van der Waals surface area contributed by atoms with E-state index >= 15 is 0 Å². The number of nitrogens with one attached hydrogen (secondary N) is 1. The third-order valence-corrected chi connectivity index (χ3v) is 5.88. The summed E-state index contributed by atoms with van der Waals surface area (Å²) >= 11 is 0. The van der Waals surface area contributed by atoms with Gasteiger partial charge in [-0.1, -0.05) is 47.7 Å². The molecule has 0 fully saturated rings. The van der Waals surface area contributed by atoms with Crippen LogP contribution in [0.4, 0.5) is 11.6 Å².